The van der Waals surface area contributed by atoms with Gasteiger partial charge in [-0.25, -0.2) is 0 Å². The Morgan fingerprint density at radius 3 is 2.75 bits per heavy atom. The lowest BCUT2D eigenvalue weighted by Crippen LogP contribution is -2.31. The maximum Gasteiger partial charge on any atom is 0.223 e. The average Bonchev–Trinajstić information content (AvgIpc) is 3.34. The average molecular weight is 376 g/mol. The number of Topliss-reactive ketones (excluding diaryl/α,β-unsaturated/α-hetero) is 1. The Hall–Kier alpha value is -3.02. The molecule has 0 bridgehead atoms. The van der Waals surface area contributed by atoms with Gasteiger partial charge in [0.05, 0.1) is 6.04 Å². The number of aryl methyl sites for hydroxylation is 2. The third-order valence-electron chi connectivity index (χ3n) is 5.61. The fourth-order valence-electron chi connectivity index (χ4n) is 3.84. The lowest BCUT2D eigenvalue weighted by atomic mass is 10.0. The molecule has 0 spiro atoms. The summed E-state index contributed by atoms with van der Waals surface area (Å²) in [6.45, 7) is 4.72. The number of aromatic nitrogens is 3. The molecular weight excluding hydrogens is 352 g/mol. The van der Waals surface area contributed by atoms with Crippen molar-refractivity contribution in [3.8, 4) is 0 Å². The SMILES string of the molecule is Cc1ccc(C(=O)CCC(=O)N2CCC[C@H]2c2nnc3ccccn23)cc1C. The molecule has 3 aromatic rings. The number of carbonyl (C=O) groups excluding carboxylic acids is 2. The van der Waals surface area contributed by atoms with E-state index in [0.29, 0.717) is 12.1 Å². The van der Waals surface area contributed by atoms with Crippen molar-refractivity contribution in [2.75, 3.05) is 6.54 Å². The van der Waals surface area contributed by atoms with E-state index in [-0.39, 0.29) is 30.6 Å². The Balaban J connectivity index is 1.45. The fraction of sp³-hybridized carbons (Fsp3) is 0.364. The number of rotatable bonds is 5. The minimum absolute atomic E-state index is 0.00682. The standard InChI is InChI=1S/C22H24N4O2/c1-15-8-9-17(14-16(15)2)19(27)10-11-21(28)25-13-5-6-18(25)22-24-23-20-7-3-4-12-26(20)22/h3-4,7-9,12,14,18H,5-6,10-11,13H2,1-2H3/t18-/m0/s1. The predicted octanol–water partition coefficient (Wildman–Crippen LogP) is 3.67. The Morgan fingerprint density at radius 1 is 1.07 bits per heavy atom. The van der Waals surface area contributed by atoms with Crippen LogP contribution in [0.1, 0.15) is 59.0 Å². The molecule has 0 N–H and O–H groups in total. The summed E-state index contributed by atoms with van der Waals surface area (Å²) in [6.07, 6.45) is 4.18. The molecule has 1 aliphatic heterocycles. The van der Waals surface area contributed by atoms with Gasteiger partial charge in [-0.05, 0) is 56.0 Å². The highest BCUT2D eigenvalue weighted by atomic mass is 16.2. The summed E-state index contributed by atoms with van der Waals surface area (Å²) in [5, 5.41) is 8.53. The number of hydrogen-bond acceptors (Lipinski definition) is 4. The number of pyridine rings is 1. The lowest BCUT2D eigenvalue weighted by molar-refractivity contribution is -0.132. The van der Waals surface area contributed by atoms with Crippen LogP contribution in [0.15, 0.2) is 42.6 Å². The predicted molar refractivity (Wildman–Crippen MR) is 106 cm³/mol. The van der Waals surface area contributed by atoms with Crippen molar-refractivity contribution >= 4 is 17.3 Å². The third kappa shape index (κ3) is 3.42. The molecule has 1 fully saturated rings. The molecule has 1 amide bonds. The molecule has 1 saturated heterocycles. The van der Waals surface area contributed by atoms with Crippen molar-refractivity contribution in [3.05, 3.63) is 65.1 Å². The molecule has 3 heterocycles. The molecule has 0 radical (unpaired) electrons. The Labute approximate surface area is 164 Å². The quantitative estimate of drug-likeness (QED) is 0.637. The van der Waals surface area contributed by atoms with Crippen LogP contribution in [0.3, 0.4) is 0 Å². The molecule has 6 nitrogen and oxygen atoms in total. The second-order valence-electron chi connectivity index (χ2n) is 7.45. The fourth-order valence-corrected chi connectivity index (χ4v) is 3.84. The van der Waals surface area contributed by atoms with Crippen molar-refractivity contribution in [1.29, 1.82) is 0 Å². The highest BCUT2D eigenvalue weighted by Crippen LogP contribution is 2.31. The smallest absolute Gasteiger partial charge is 0.223 e. The zero-order valence-corrected chi connectivity index (χ0v) is 16.3. The Bertz CT molecular complexity index is 1040. The maximum atomic E-state index is 12.9. The number of nitrogens with zero attached hydrogens (tertiary/aromatic N) is 4. The van der Waals surface area contributed by atoms with Gasteiger partial charge < -0.3 is 4.90 Å². The summed E-state index contributed by atoms with van der Waals surface area (Å²) in [7, 11) is 0. The lowest BCUT2D eigenvalue weighted by Gasteiger charge is -2.23. The van der Waals surface area contributed by atoms with Crippen LogP contribution in [0.25, 0.3) is 5.65 Å². The summed E-state index contributed by atoms with van der Waals surface area (Å²) in [6, 6.07) is 11.4. The van der Waals surface area contributed by atoms with Crippen molar-refractivity contribution < 1.29 is 9.59 Å². The molecule has 1 atom stereocenters. The van der Waals surface area contributed by atoms with Crippen LogP contribution in [0.2, 0.25) is 0 Å². The Morgan fingerprint density at radius 2 is 1.93 bits per heavy atom. The molecule has 6 heteroatoms. The first-order chi connectivity index (χ1) is 13.5. The van der Waals surface area contributed by atoms with Gasteiger partial charge in [0, 0.05) is 31.1 Å². The molecule has 4 rings (SSSR count). The van der Waals surface area contributed by atoms with E-state index >= 15 is 0 Å². The van der Waals surface area contributed by atoms with Gasteiger partial charge in [-0.3, -0.25) is 14.0 Å². The monoisotopic (exact) mass is 376 g/mol. The molecule has 28 heavy (non-hydrogen) atoms. The zero-order valence-electron chi connectivity index (χ0n) is 16.3. The maximum absolute atomic E-state index is 12.9. The molecule has 0 saturated carbocycles. The number of carbonyl (C=O) groups is 2. The molecule has 1 aromatic carbocycles. The van der Waals surface area contributed by atoms with E-state index in [1.165, 1.54) is 0 Å². The van der Waals surface area contributed by atoms with Gasteiger partial charge in [0.25, 0.3) is 0 Å². The van der Waals surface area contributed by atoms with Crippen LogP contribution in [0.4, 0.5) is 0 Å². The van der Waals surface area contributed by atoms with Crippen LogP contribution in [0, 0.1) is 13.8 Å². The molecular formula is C22H24N4O2. The minimum Gasteiger partial charge on any atom is -0.332 e. The number of amides is 1. The molecule has 0 aliphatic carbocycles. The first-order valence-corrected chi connectivity index (χ1v) is 9.74. The Kier molecular flexibility index (Phi) is 4.94. The summed E-state index contributed by atoms with van der Waals surface area (Å²) < 4.78 is 1.94. The van der Waals surface area contributed by atoms with E-state index in [4.69, 9.17) is 0 Å². The normalized spacial score (nSPS) is 16.6. The van der Waals surface area contributed by atoms with Crippen LogP contribution in [-0.2, 0) is 4.79 Å². The second kappa shape index (κ2) is 7.54. The van der Waals surface area contributed by atoms with E-state index < -0.39 is 0 Å². The number of hydrogen-bond donors (Lipinski definition) is 0. The van der Waals surface area contributed by atoms with Crippen LogP contribution < -0.4 is 0 Å². The number of ketones is 1. The van der Waals surface area contributed by atoms with Crippen LogP contribution in [0.5, 0.6) is 0 Å². The van der Waals surface area contributed by atoms with Gasteiger partial charge in [0.2, 0.25) is 5.91 Å². The molecule has 2 aromatic heterocycles. The summed E-state index contributed by atoms with van der Waals surface area (Å²) >= 11 is 0. The van der Waals surface area contributed by atoms with Gasteiger partial charge in [0.1, 0.15) is 0 Å². The van der Waals surface area contributed by atoms with E-state index in [1.807, 2.05) is 65.7 Å². The van der Waals surface area contributed by atoms with Crippen molar-refractivity contribution in [2.45, 2.75) is 45.6 Å². The summed E-state index contributed by atoms with van der Waals surface area (Å²) in [5.74, 6) is 0.814. The van der Waals surface area contributed by atoms with Gasteiger partial charge in [0.15, 0.2) is 17.3 Å². The van der Waals surface area contributed by atoms with E-state index in [0.717, 1.165) is 35.4 Å². The van der Waals surface area contributed by atoms with E-state index in [1.54, 1.807) is 0 Å². The van der Waals surface area contributed by atoms with Crippen molar-refractivity contribution in [2.24, 2.45) is 0 Å². The topological polar surface area (TPSA) is 67.6 Å². The number of benzene rings is 1. The number of fused-ring (bicyclic) bond motifs is 1. The van der Waals surface area contributed by atoms with Gasteiger partial charge in [-0.1, -0.05) is 18.2 Å². The van der Waals surface area contributed by atoms with Crippen molar-refractivity contribution in [3.63, 3.8) is 0 Å². The summed E-state index contributed by atoms with van der Waals surface area (Å²) in [5.41, 5.74) is 3.71. The largest absolute Gasteiger partial charge is 0.332 e. The highest BCUT2D eigenvalue weighted by Gasteiger charge is 2.33. The third-order valence-corrected chi connectivity index (χ3v) is 5.61. The van der Waals surface area contributed by atoms with Crippen LogP contribution in [-0.4, -0.2) is 37.7 Å². The molecule has 0 unspecified atom stereocenters. The molecule has 1 aliphatic rings. The zero-order chi connectivity index (χ0) is 19.7. The number of likely N-dealkylation sites (tertiary alicyclic amines) is 1. The first kappa shape index (κ1) is 18.3. The van der Waals surface area contributed by atoms with E-state index in [2.05, 4.69) is 10.2 Å². The van der Waals surface area contributed by atoms with E-state index in [9.17, 15) is 9.59 Å². The highest BCUT2D eigenvalue weighted by molar-refractivity contribution is 5.98. The molecule has 144 valence electrons. The van der Waals surface area contributed by atoms with Gasteiger partial charge >= 0.3 is 0 Å². The first-order valence-electron chi connectivity index (χ1n) is 9.74. The van der Waals surface area contributed by atoms with Crippen molar-refractivity contribution in [1.82, 2.24) is 19.5 Å². The summed E-state index contributed by atoms with van der Waals surface area (Å²) in [4.78, 5) is 27.2. The van der Waals surface area contributed by atoms with Gasteiger partial charge in [-0.15, -0.1) is 10.2 Å². The minimum atomic E-state index is -0.0818. The van der Waals surface area contributed by atoms with Crippen LogP contribution >= 0.6 is 0 Å². The second-order valence-corrected chi connectivity index (χ2v) is 7.45. The van der Waals surface area contributed by atoms with Gasteiger partial charge in [-0.2, -0.15) is 0 Å².